The Bertz CT molecular complexity index is 595. The Balaban J connectivity index is 1.62. The molecule has 0 bridgehead atoms. The van der Waals surface area contributed by atoms with Crippen LogP contribution in [-0.2, 0) is 4.79 Å². The van der Waals surface area contributed by atoms with Crippen molar-refractivity contribution in [3.05, 3.63) is 18.3 Å². The summed E-state index contributed by atoms with van der Waals surface area (Å²) in [6.45, 7) is 3.03. The monoisotopic (exact) mass is 305 g/mol. The van der Waals surface area contributed by atoms with Crippen LogP contribution >= 0.6 is 11.8 Å². The molecule has 5 nitrogen and oxygen atoms in total. The number of oxazole rings is 1. The molecule has 6 heteroatoms. The molecular formula is C15H19N3O2S. The second kappa shape index (κ2) is 6.47. The zero-order valence-corrected chi connectivity index (χ0v) is 12.9. The summed E-state index contributed by atoms with van der Waals surface area (Å²) >= 11 is 1.35. The smallest absolute Gasteiger partial charge is 0.258 e. The molecular weight excluding hydrogens is 286 g/mol. The summed E-state index contributed by atoms with van der Waals surface area (Å²) in [5, 5.41) is 0.516. The first-order chi connectivity index (χ1) is 10.3. The maximum absolute atomic E-state index is 12.4. The third kappa shape index (κ3) is 3.20. The number of hydrogen-bond acceptors (Lipinski definition) is 5. The van der Waals surface area contributed by atoms with Crippen molar-refractivity contribution in [1.29, 1.82) is 0 Å². The fraction of sp³-hybridized carbons (Fsp3) is 0.533. The summed E-state index contributed by atoms with van der Waals surface area (Å²) in [4.78, 5) is 22.8. The number of aromatic nitrogens is 2. The number of fused-ring (bicyclic) bond motifs is 1. The van der Waals surface area contributed by atoms with Gasteiger partial charge in [0.25, 0.3) is 5.22 Å². The molecule has 1 unspecified atom stereocenters. The van der Waals surface area contributed by atoms with Crippen LogP contribution in [0.4, 0.5) is 0 Å². The van der Waals surface area contributed by atoms with Gasteiger partial charge in [0.2, 0.25) is 5.91 Å². The van der Waals surface area contributed by atoms with Crippen LogP contribution in [0.25, 0.3) is 11.2 Å². The second-order valence-electron chi connectivity index (χ2n) is 5.24. The first kappa shape index (κ1) is 14.4. The molecule has 0 spiro atoms. The number of hydrogen-bond donors (Lipinski definition) is 0. The van der Waals surface area contributed by atoms with Gasteiger partial charge in [-0.1, -0.05) is 18.7 Å². The maximum Gasteiger partial charge on any atom is 0.258 e. The molecule has 0 aliphatic carbocycles. The molecule has 1 aliphatic rings. The largest absolute Gasteiger partial charge is 0.430 e. The van der Waals surface area contributed by atoms with Crippen molar-refractivity contribution in [3.63, 3.8) is 0 Å². The Morgan fingerprint density at radius 3 is 3.24 bits per heavy atom. The molecule has 1 saturated heterocycles. The van der Waals surface area contributed by atoms with Gasteiger partial charge >= 0.3 is 0 Å². The summed E-state index contributed by atoms with van der Waals surface area (Å²) in [7, 11) is 0. The lowest BCUT2D eigenvalue weighted by Gasteiger charge is -2.35. The number of piperidine rings is 1. The molecule has 2 aromatic heterocycles. The van der Waals surface area contributed by atoms with E-state index in [0.717, 1.165) is 25.8 Å². The lowest BCUT2D eigenvalue weighted by Crippen LogP contribution is -2.44. The number of carbonyl (C=O) groups excluding carboxylic acids is 1. The highest BCUT2D eigenvalue weighted by atomic mass is 32.2. The average molecular weight is 305 g/mol. The minimum absolute atomic E-state index is 0.182. The van der Waals surface area contributed by atoms with Gasteiger partial charge in [-0.2, -0.15) is 4.98 Å². The highest BCUT2D eigenvalue weighted by Gasteiger charge is 2.25. The van der Waals surface area contributed by atoms with Gasteiger partial charge in [0, 0.05) is 18.8 Å². The van der Waals surface area contributed by atoms with Crippen LogP contribution in [0.2, 0.25) is 0 Å². The van der Waals surface area contributed by atoms with E-state index in [4.69, 9.17) is 4.42 Å². The molecule has 1 fully saturated rings. The predicted molar refractivity (Wildman–Crippen MR) is 82.2 cm³/mol. The second-order valence-corrected chi connectivity index (χ2v) is 6.17. The summed E-state index contributed by atoms with van der Waals surface area (Å²) in [6.07, 6.45) is 6.18. The van der Waals surface area contributed by atoms with E-state index < -0.39 is 0 Å². The quantitative estimate of drug-likeness (QED) is 0.812. The molecule has 0 N–H and O–H groups in total. The summed E-state index contributed by atoms with van der Waals surface area (Å²) in [5.41, 5.74) is 1.26. The SMILES string of the molecule is CCC1CCCCN1C(=O)CSc1nc2ncccc2o1. The van der Waals surface area contributed by atoms with Crippen molar-refractivity contribution in [2.24, 2.45) is 0 Å². The van der Waals surface area contributed by atoms with Crippen molar-refractivity contribution < 1.29 is 9.21 Å². The first-order valence-electron chi connectivity index (χ1n) is 7.41. The van der Waals surface area contributed by atoms with Crippen molar-refractivity contribution >= 4 is 28.9 Å². The first-order valence-corrected chi connectivity index (χ1v) is 8.40. The van der Waals surface area contributed by atoms with E-state index in [0.29, 0.717) is 28.2 Å². The molecule has 0 aromatic carbocycles. The van der Waals surface area contributed by atoms with E-state index in [1.54, 1.807) is 6.20 Å². The highest BCUT2D eigenvalue weighted by Crippen LogP contribution is 2.24. The summed E-state index contributed by atoms with van der Waals surface area (Å²) in [6, 6.07) is 4.04. The standard InChI is InChI=1S/C15H19N3O2S/c1-2-11-6-3-4-9-18(11)13(19)10-21-15-17-14-12(20-15)7-5-8-16-14/h5,7-8,11H,2-4,6,9-10H2,1H3. The van der Waals surface area contributed by atoms with Gasteiger partial charge in [0.1, 0.15) is 0 Å². The number of nitrogens with zero attached hydrogens (tertiary/aromatic N) is 3. The number of rotatable bonds is 4. The molecule has 0 radical (unpaired) electrons. The highest BCUT2D eigenvalue weighted by molar-refractivity contribution is 7.99. The van der Waals surface area contributed by atoms with E-state index in [2.05, 4.69) is 16.9 Å². The third-order valence-electron chi connectivity index (χ3n) is 3.88. The molecule has 3 heterocycles. The van der Waals surface area contributed by atoms with Crippen LogP contribution in [0.5, 0.6) is 0 Å². The summed E-state index contributed by atoms with van der Waals surface area (Å²) in [5.74, 6) is 0.560. The number of carbonyl (C=O) groups is 1. The average Bonchev–Trinajstić information content (AvgIpc) is 2.95. The lowest BCUT2D eigenvalue weighted by molar-refractivity contribution is -0.132. The van der Waals surface area contributed by atoms with E-state index in [9.17, 15) is 4.79 Å². The van der Waals surface area contributed by atoms with E-state index in [-0.39, 0.29) is 5.91 Å². The van der Waals surface area contributed by atoms with Crippen LogP contribution < -0.4 is 0 Å². The van der Waals surface area contributed by atoms with Gasteiger partial charge in [-0.3, -0.25) is 4.79 Å². The van der Waals surface area contributed by atoms with Crippen LogP contribution in [0.3, 0.4) is 0 Å². The van der Waals surface area contributed by atoms with E-state index in [1.165, 1.54) is 18.2 Å². The van der Waals surface area contributed by atoms with Crippen LogP contribution in [-0.4, -0.2) is 39.1 Å². The zero-order chi connectivity index (χ0) is 14.7. The zero-order valence-electron chi connectivity index (χ0n) is 12.1. The Hall–Kier alpha value is -1.56. The Labute approximate surface area is 128 Å². The van der Waals surface area contributed by atoms with Crippen LogP contribution in [0.1, 0.15) is 32.6 Å². The number of thioether (sulfide) groups is 1. The predicted octanol–water partition coefficient (Wildman–Crippen LogP) is 3.11. The molecule has 1 atom stereocenters. The minimum atomic E-state index is 0.182. The van der Waals surface area contributed by atoms with Gasteiger partial charge in [-0.05, 0) is 37.8 Å². The summed E-state index contributed by atoms with van der Waals surface area (Å²) < 4.78 is 5.58. The molecule has 1 amide bonds. The molecule has 1 aliphatic heterocycles. The minimum Gasteiger partial charge on any atom is -0.430 e. The molecule has 3 rings (SSSR count). The Kier molecular flexibility index (Phi) is 4.43. The Morgan fingerprint density at radius 2 is 2.43 bits per heavy atom. The van der Waals surface area contributed by atoms with Crippen LogP contribution in [0.15, 0.2) is 28.0 Å². The van der Waals surface area contributed by atoms with E-state index >= 15 is 0 Å². The van der Waals surface area contributed by atoms with Gasteiger partial charge in [0.15, 0.2) is 11.2 Å². The number of likely N-dealkylation sites (tertiary alicyclic amines) is 1. The van der Waals surface area contributed by atoms with Crippen molar-refractivity contribution in [2.75, 3.05) is 12.3 Å². The van der Waals surface area contributed by atoms with Gasteiger partial charge in [0.05, 0.1) is 5.75 Å². The van der Waals surface area contributed by atoms with Crippen LogP contribution in [0, 0.1) is 0 Å². The third-order valence-corrected chi connectivity index (χ3v) is 4.70. The molecule has 2 aromatic rings. The van der Waals surface area contributed by atoms with Gasteiger partial charge in [-0.15, -0.1) is 0 Å². The topological polar surface area (TPSA) is 59.2 Å². The lowest BCUT2D eigenvalue weighted by atomic mass is 10.0. The van der Waals surface area contributed by atoms with E-state index in [1.807, 2.05) is 17.0 Å². The fourth-order valence-electron chi connectivity index (χ4n) is 2.77. The maximum atomic E-state index is 12.4. The molecule has 21 heavy (non-hydrogen) atoms. The van der Waals surface area contributed by atoms with Crippen molar-refractivity contribution in [1.82, 2.24) is 14.9 Å². The van der Waals surface area contributed by atoms with Crippen molar-refractivity contribution in [3.8, 4) is 0 Å². The molecule has 0 saturated carbocycles. The fourth-order valence-corrected chi connectivity index (χ4v) is 3.48. The Morgan fingerprint density at radius 1 is 1.52 bits per heavy atom. The van der Waals surface area contributed by atoms with Gasteiger partial charge < -0.3 is 9.32 Å². The molecule has 112 valence electrons. The van der Waals surface area contributed by atoms with Crippen molar-refractivity contribution in [2.45, 2.75) is 43.9 Å². The number of pyridine rings is 1. The number of amides is 1. The van der Waals surface area contributed by atoms with Gasteiger partial charge in [-0.25, -0.2) is 4.98 Å². The normalized spacial score (nSPS) is 19.1.